The van der Waals surface area contributed by atoms with Gasteiger partial charge < -0.3 is 4.57 Å². The Balaban J connectivity index is 2.39. The van der Waals surface area contributed by atoms with Crippen molar-refractivity contribution in [2.75, 3.05) is 0 Å². The maximum Gasteiger partial charge on any atom is 0.271 e. The molecule has 1 aromatic rings. The summed E-state index contributed by atoms with van der Waals surface area (Å²) in [5, 5.41) is 6.70. The molecule has 0 amide bonds. The van der Waals surface area contributed by atoms with Gasteiger partial charge in [0.1, 0.15) is 12.2 Å². The summed E-state index contributed by atoms with van der Waals surface area (Å²) in [6.07, 6.45) is -1.16. The Labute approximate surface area is 76.7 Å². The molecule has 0 spiro atoms. The van der Waals surface area contributed by atoms with Crippen molar-refractivity contribution in [3.8, 4) is 0 Å². The van der Waals surface area contributed by atoms with E-state index in [0.29, 0.717) is 0 Å². The van der Waals surface area contributed by atoms with E-state index in [1.54, 1.807) is 0 Å². The van der Waals surface area contributed by atoms with Crippen molar-refractivity contribution in [1.29, 1.82) is 0 Å². The van der Waals surface area contributed by atoms with Crippen LogP contribution in [0.1, 0.15) is 12.2 Å². The topological polar surface area (TPSA) is 30.7 Å². The monoisotopic (exact) mass is 209 g/mol. The van der Waals surface area contributed by atoms with Crippen LogP contribution in [-0.4, -0.2) is 26.6 Å². The summed E-state index contributed by atoms with van der Waals surface area (Å²) in [5.41, 5.74) is 0. The first-order chi connectivity index (χ1) is 6.38. The fourth-order valence-electron chi connectivity index (χ4n) is 1.53. The van der Waals surface area contributed by atoms with Crippen molar-refractivity contribution in [1.82, 2.24) is 14.8 Å². The van der Waals surface area contributed by atoms with E-state index < -0.39 is 31.2 Å². The third-order valence-electron chi connectivity index (χ3n) is 2.03. The van der Waals surface area contributed by atoms with Crippen molar-refractivity contribution in [2.45, 2.75) is 31.2 Å². The minimum absolute atomic E-state index is 0.0906. The number of halogens is 4. The minimum Gasteiger partial charge on any atom is -0.311 e. The zero-order valence-corrected chi connectivity index (χ0v) is 7.05. The molecule has 0 atom stereocenters. The first-order valence-electron chi connectivity index (χ1n) is 4.00. The number of rotatable bonds is 0. The summed E-state index contributed by atoms with van der Waals surface area (Å²) in [6.45, 7) is -0.773. The van der Waals surface area contributed by atoms with Crippen LogP contribution < -0.4 is 0 Å². The van der Waals surface area contributed by atoms with Gasteiger partial charge in [-0.1, -0.05) is 0 Å². The van der Waals surface area contributed by atoms with Gasteiger partial charge in [0.25, 0.3) is 11.8 Å². The van der Waals surface area contributed by atoms with Crippen LogP contribution in [0.3, 0.4) is 0 Å². The summed E-state index contributed by atoms with van der Waals surface area (Å²) in [7, 11) is 0. The molecule has 2 heterocycles. The van der Waals surface area contributed by atoms with Gasteiger partial charge in [-0.15, -0.1) is 10.2 Å². The number of hydrogen-bond acceptors (Lipinski definition) is 2. The number of aromatic nitrogens is 3. The average molecular weight is 209 g/mol. The highest BCUT2D eigenvalue weighted by Crippen LogP contribution is 2.36. The molecule has 0 fully saturated rings. The Bertz CT molecular complexity index is 316. The van der Waals surface area contributed by atoms with Crippen molar-refractivity contribution < 1.29 is 17.6 Å². The van der Waals surface area contributed by atoms with Crippen LogP contribution in [0.15, 0.2) is 6.33 Å². The lowest BCUT2D eigenvalue weighted by atomic mass is 10.1. The Kier molecular flexibility index (Phi) is 1.80. The lowest BCUT2D eigenvalue weighted by molar-refractivity contribution is -0.109. The van der Waals surface area contributed by atoms with Crippen LogP contribution in [0, 0.1) is 0 Å². The van der Waals surface area contributed by atoms with Crippen molar-refractivity contribution in [3.05, 3.63) is 12.2 Å². The predicted molar refractivity (Wildman–Crippen MR) is 38.2 cm³/mol. The fraction of sp³-hybridized carbons (Fsp3) is 0.714. The maximum absolute atomic E-state index is 13.0. The van der Waals surface area contributed by atoms with E-state index in [9.17, 15) is 17.6 Å². The molecule has 3 nitrogen and oxygen atoms in total. The van der Waals surface area contributed by atoms with Crippen LogP contribution in [0.5, 0.6) is 0 Å². The first kappa shape index (κ1) is 9.42. The molecule has 0 bridgehead atoms. The van der Waals surface area contributed by atoms with E-state index in [2.05, 4.69) is 10.2 Å². The third-order valence-corrected chi connectivity index (χ3v) is 2.03. The van der Waals surface area contributed by atoms with Gasteiger partial charge in [0.2, 0.25) is 0 Å². The number of alkyl halides is 4. The van der Waals surface area contributed by atoms with E-state index in [0.717, 1.165) is 10.9 Å². The third kappa shape index (κ3) is 1.71. The highest BCUT2D eigenvalue weighted by atomic mass is 19.3. The van der Waals surface area contributed by atoms with Gasteiger partial charge in [0.05, 0.1) is 19.4 Å². The van der Waals surface area contributed by atoms with Crippen LogP contribution in [0.2, 0.25) is 0 Å². The second-order valence-electron chi connectivity index (χ2n) is 3.44. The summed E-state index contributed by atoms with van der Waals surface area (Å²) in [4.78, 5) is 0. The molecule has 0 N–H and O–H groups in total. The van der Waals surface area contributed by atoms with E-state index in [1.165, 1.54) is 0 Å². The molecule has 1 aliphatic rings. The van der Waals surface area contributed by atoms with Crippen molar-refractivity contribution in [3.63, 3.8) is 0 Å². The summed E-state index contributed by atoms with van der Waals surface area (Å²) in [6, 6.07) is 0. The maximum atomic E-state index is 13.0. The molecule has 14 heavy (non-hydrogen) atoms. The summed E-state index contributed by atoms with van der Waals surface area (Å²) in [5.74, 6) is -6.91. The number of hydrogen-bond donors (Lipinski definition) is 0. The normalized spacial score (nSPS) is 24.0. The quantitative estimate of drug-likeness (QED) is 0.606. The van der Waals surface area contributed by atoms with Crippen LogP contribution >= 0.6 is 0 Å². The van der Waals surface area contributed by atoms with E-state index in [1.807, 2.05) is 0 Å². The highest BCUT2D eigenvalue weighted by Gasteiger charge is 2.47. The molecule has 7 heteroatoms. The smallest absolute Gasteiger partial charge is 0.271 e. The Morgan fingerprint density at radius 2 is 1.93 bits per heavy atom. The molecular formula is C7H7F4N3. The van der Waals surface area contributed by atoms with Gasteiger partial charge >= 0.3 is 0 Å². The number of nitrogens with zero attached hydrogens (tertiary/aromatic N) is 3. The zero-order chi connectivity index (χ0) is 10.4. The second kappa shape index (κ2) is 2.68. The average Bonchev–Trinajstić information content (AvgIpc) is 2.28. The Morgan fingerprint density at radius 1 is 1.21 bits per heavy atom. The summed E-state index contributed by atoms with van der Waals surface area (Å²) >= 11 is 0. The molecule has 0 saturated carbocycles. The molecule has 1 aromatic heterocycles. The van der Waals surface area contributed by atoms with Gasteiger partial charge in [0.15, 0.2) is 0 Å². The van der Waals surface area contributed by atoms with Gasteiger partial charge in [-0.2, -0.15) is 0 Å². The second-order valence-corrected chi connectivity index (χ2v) is 3.44. The Hall–Kier alpha value is -1.14. The van der Waals surface area contributed by atoms with Crippen molar-refractivity contribution >= 4 is 0 Å². The molecule has 2 rings (SSSR count). The molecule has 78 valence electrons. The fourth-order valence-corrected chi connectivity index (χ4v) is 1.53. The SMILES string of the molecule is FC1(F)Cc2nncn2CC(F)(F)C1. The van der Waals surface area contributed by atoms with Crippen LogP contribution in [-0.2, 0) is 13.0 Å². The van der Waals surface area contributed by atoms with Gasteiger partial charge in [-0.05, 0) is 0 Å². The molecule has 0 aliphatic carbocycles. The molecule has 0 radical (unpaired) electrons. The molecule has 0 saturated heterocycles. The lowest BCUT2D eigenvalue weighted by Gasteiger charge is -2.18. The van der Waals surface area contributed by atoms with Crippen LogP contribution in [0.4, 0.5) is 17.6 Å². The minimum atomic E-state index is -3.41. The first-order valence-corrected chi connectivity index (χ1v) is 4.00. The van der Waals surface area contributed by atoms with Gasteiger partial charge in [-0.25, -0.2) is 17.6 Å². The Morgan fingerprint density at radius 3 is 2.64 bits per heavy atom. The van der Waals surface area contributed by atoms with E-state index >= 15 is 0 Å². The van der Waals surface area contributed by atoms with Crippen molar-refractivity contribution in [2.24, 2.45) is 0 Å². The van der Waals surface area contributed by atoms with Gasteiger partial charge in [-0.3, -0.25) is 0 Å². The van der Waals surface area contributed by atoms with E-state index in [4.69, 9.17) is 0 Å². The molecule has 1 aliphatic heterocycles. The molecular weight excluding hydrogens is 202 g/mol. The number of fused-ring (bicyclic) bond motifs is 1. The summed E-state index contributed by atoms with van der Waals surface area (Å²) < 4.78 is 52.8. The highest BCUT2D eigenvalue weighted by molar-refractivity contribution is 4.97. The standard InChI is InChI=1S/C7H7F4N3/c8-6(9)1-5-13-12-4-14(5)3-7(10,11)2-6/h4H,1-3H2. The van der Waals surface area contributed by atoms with E-state index in [-0.39, 0.29) is 5.82 Å². The van der Waals surface area contributed by atoms with Crippen LogP contribution in [0.25, 0.3) is 0 Å². The van der Waals surface area contributed by atoms with Gasteiger partial charge in [0, 0.05) is 0 Å². The molecule has 0 unspecified atom stereocenters. The largest absolute Gasteiger partial charge is 0.311 e. The lowest BCUT2D eigenvalue weighted by Crippen LogP contribution is -2.30. The molecule has 0 aromatic carbocycles. The zero-order valence-electron chi connectivity index (χ0n) is 7.05. The predicted octanol–water partition coefficient (Wildman–Crippen LogP) is 1.49.